The van der Waals surface area contributed by atoms with Crippen LogP contribution in [0.5, 0.6) is 0 Å². The van der Waals surface area contributed by atoms with E-state index < -0.39 is 18.1 Å². The molecule has 0 aromatic carbocycles. The Morgan fingerprint density at radius 3 is 1.51 bits per heavy atom. The van der Waals surface area contributed by atoms with Crippen LogP contribution in [0.3, 0.4) is 0 Å². The monoisotopic (exact) mass is 776 g/mol. The predicted octanol–water partition coefficient (Wildman–Crippen LogP) is 10.9. The molecule has 0 radical (unpaired) electrons. The normalized spacial score (nSPS) is 13.3. The van der Waals surface area contributed by atoms with E-state index in [1.807, 2.05) is 0 Å². The molecule has 0 fully saturated rings. The topological polar surface area (TPSA) is 102 Å². The van der Waals surface area contributed by atoms with Crippen molar-refractivity contribution in [3.63, 3.8) is 0 Å². The molecule has 0 aromatic rings. The summed E-state index contributed by atoms with van der Waals surface area (Å²) in [6.45, 7) is 4.54. The van der Waals surface area contributed by atoms with Gasteiger partial charge in [0.2, 0.25) is 0 Å². The van der Waals surface area contributed by atoms with Gasteiger partial charge in [0.15, 0.2) is 6.10 Å². The van der Waals surface area contributed by atoms with Gasteiger partial charge in [0, 0.05) is 19.3 Å². The Bertz CT molecular complexity index is 1000. The average Bonchev–Trinajstić information content (AvgIpc) is 3.14. The third kappa shape index (κ3) is 36.9. The van der Waals surface area contributed by atoms with Crippen molar-refractivity contribution >= 4 is 17.9 Å². The van der Waals surface area contributed by atoms with Crippen molar-refractivity contribution in [3.8, 4) is 0 Å². The Hall–Kier alpha value is -2.45. The van der Waals surface area contributed by atoms with Crippen molar-refractivity contribution < 1.29 is 38.2 Å². The molecule has 0 heterocycles. The minimum absolute atomic E-state index is 0.0359. The summed E-state index contributed by atoms with van der Waals surface area (Å²) in [5.74, 6) is -1.75. The van der Waals surface area contributed by atoms with Crippen molar-refractivity contribution in [2.45, 2.75) is 206 Å². The molecule has 320 valence electrons. The summed E-state index contributed by atoms with van der Waals surface area (Å²) < 4.78 is 17.2. The first-order valence-electron chi connectivity index (χ1n) is 22.5. The Labute approximate surface area is 338 Å². The van der Waals surface area contributed by atoms with Crippen LogP contribution in [0.4, 0.5) is 0 Å². The zero-order valence-electron chi connectivity index (χ0n) is 36.3. The van der Waals surface area contributed by atoms with Crippen LogP contribution in [0.25, 0.3) is 0 Å². The molecule has 2 atom stereocenters. The van der Waals surface area contributed by atoms with Gasteiger partial charge < -0.3 is 28.6 Å². The van der Waals surface area contributed by atoms with Gasteiger partial charge in [0.05, 0.1) is 40.3 Å². The largest absolute Gasteiger partial charge is 0.544 e. The third-order valence-corrected chi connectivity index (χ3v) is 10.0. The summed E-state index contributed by atoms with van der Waals surface area (Å²) in [5, 5.41) is 11.6. The number of carboxylic acids is 1. The number of esters is 2. The molecule has 55 heavy (non-hydrogen) atoms. The number of hydrogen-bond acceptors (Lipinski definition) is 7. The van der Waals surface area contributed by atoms with Gasteiger partial charge in [-0.1, -0.05) is 166 Å². The van der Waals surface area contributed by atoms with Gasteiger partial charge in [-0.3, -0.25) is 9.59 Å². The molecule has 0 amide bonds. The van der Waals surface area contributed by atoms with E-state index in [1.165, 1.54) is 83.5 Å². The third-order valence-electron chi connectivity index (χ3n) is 10.0. The molecule has 0 spiro atoms. The molecule has 0 aliphatic carbocycles. The number of allylic oxidation sites excluding steroid dienone is 6. The first kappa shape index (κ1) is 52.6. The number of carbonyl (C=O) groups is 3. The van der Waals surface area contributed by atoms with Crippen molar-refractivity contribution in [2.24, 2.45) is 0 Å². The maximum Gasteiger partial charge on any atom is 0.306 e. The Balaban J connectivity index is 4.34. The molecule has 0 rings (SSSR count). The summed E-state index contributed by atoms with van der Waals surface area (Å²) in [6.07, 6.45) is 43.1. The van der Waals surface area contributed by atoms with Gasteiger partial charge in [0.1, 0.15) is 12.6 Å². The van der Waals surface area contributed by atoms with E-state index in [1.54, 1.807) is 21.1 Å². The average molecular weight is 776 g/mol. The number of nitrogens with zero attached hydrogens (tertiary/aromatic N) is 1. The molecule has 0 aliphatic heterocycles. The number of quaternary nitrogens is 1. The van der Waals surface area contributed by atoms with Gasteiger partial charge in [0.25, 0.3) is 0 Å². The van der Waals surface area contributed by atoms with Gasteiger partial charge >= 0.3 is 11.9 Å². The standard InChI is InChI=1S/C47H85NO7/c1-6-8-10-12-14-16-18-20-22-24-25-27-29-31-33-35-37-45(49)54-42-43(41-53-40-39-44(47(51)52)48(3,4)5)55-46(50)38-36-34-32-30-28-26-23-21-19-17-15-13-11-9-7-2/h9,11,15,17,21,23,43-44H,6-8,10,12-14,16,18-20,22,24-42H2,1-5H3/b11-9-,17-15-,23-21-. The second kappa shape index (κ2) is 38.4. The summed E-state index contributed by atoms with van der Waals surface area (Å²) in [7, 11) is 5.40. The summed E-state index contributed by atoms with van der Waals surface area (Å²) in [5.41, 5.74) is 0. The molecule has 0 saturated carbocycles. The second-order valence-electron chi connectivity index (χ2n) is 16.3. The Morgan fingerprint density at radius 1 is 0.564 bits per heavy atom. The molecule has 0 aromatic heterocycles. The zero-order valence-corrected chi connectivity index (χ0v) is 36.3. The lowest BCUT2D eigenvalue weighted by molar-refractivity contribution is -0.889. The van der Waals surface area contributed by atoms with Crippen LogP contribution in [-0.4, -0.2) is 75.5 Å². The highest BCUT2D eigenvalue weighted by atomic mass is 16.6. The number of hydrogen-bond donors (Lipinski definition) is 0. The Morgan fingerprint density at radius 2 is 1.02 bits per heavy atom. The molecule has 0 saturated heterocycles. The smallest absolute Gasteiger partial charge is 0.306 e. The van der Waals surface area contributed by atoms with Crippen LogP contribution < -0.4 is 5.11 Å². The highest BCUT2D eigenvalue weighted by Crippen LogP contribution is 2.15. The second-order valence-corrected chi connectivity index (χ2v) is 16.3. The van der Waals surface area contributed by atoms with Crippen molar-refractivity contribution in [1.82, 2.24) is 0 Å². The lowest BCUT2D eigenvalue weighted by Crippen LogP contribution is -2.55. The van der Waals surface area contributed by atoms with Crippen LogP contribution in [0.1, 0.15) is 194 Å². The summed E-state index contributed by atoms with van der Waals surface area (Å²) >= 11 is 0. The molecular weight excluding hydrogens is 691 g/mol. The highest BCUT2D eigenvalue weighted by molar-refractivity contribution is 5.70. The van der Waals surface area contributed by atoms with Gasteiger partial charge in [-0.15, -0.1) is 0 Å². The number of ether oxygens (including phenoxy) is 3. The van der Waals surface area contributed by atoms with E-state index in [9.17, 15) is 19.5 Å². The molecule has 2 unspecified atom stereocenters. The Kier molecular flexibility index (Phi) is 36.7. The molecule has 8 heteroatoms. The SMILES string of the molecule is CC/C=C\C/C=C\C/C=C\CCCCCCCC(=O)OC(COCCC(C(=O)[O-])[N+](C)(C)C)COC(=O)CCCCCCCCCCCCCCCCCC. The molecule has 0 bridgehead atoms. The fourth-order valence-electron chi connectivity index (χ4n) is 6.56. The summed E-state index contributed by atoms with van der Waals surface area (Å²) in [6, 6.07) is -0.727. The van der Waals surface area contributed by atoms with Crippen LogP contribution in [-0.2, 0) is 28.6 Å². The van der Waals surface area contributed by atoms with E-state index >= 15 is 0 Å². The highest BCUT2D eigenvalue weighted by Gasteiger charge is 2.25. The van der Waals surface area contributed by atoms with Gasteiger partial charge in [-0.05, 0) is 44.9 Å². The lowest BCUT2D eigenvalue weighted by atomic mass is 10.0. The van der Waals surface area contributed by atoms with Crippen LogP contribution in [0.15, 0.2) is 36.5 Å². The van der Waals surface area contributed by atoms with E-state index in [4.69, 9.17) is 14.2 Å². The number of rotatable bonds is 40. The fourth-order valence-corrected chi connectivity index (χ4v) is 6.56. The van der Waals surface area contributed by atoms with Crippen molar-refractivity contribution in [1.29, 1.82) is 0 Å². The molecule has 0 N–H and O–H groups in total. The molecule has 8 nitrogen and oxygen atoms in total. The van der Waals surface area contributed by atoms with E-state index in [0.717, 1.165) is 77.0 Å². The quantitative estimate of drug-likeness (QED) is 0.0264. The number of unbranched alkanes of at least 4 members (excludes halogenated alkanes) is 20. The first-order valence-corrected chi connectivity index (χ1v) is 22.5. The minimum Gasteiger partial charge on any atom is -0.544 e. The van der Waals surface area contributed by atoms with Gasteiger partial charge in [-0.25, -0.2) is 0 Å². The molecule has 0 aliphatic rings. The van der Waals surface area contributed by atoms with E-state index in [0.29, 0.717) is 12.8 Å². The lowest BCUT2D eigenvalue weighted by Gasteiger charge is -2.34. The number of carboxylic acid groups (broad SMARTS) is 1. The van der Waals surface area contributed by atoms with Crippen LogP contribution >= 0.6 is 0 Å². The van der Waals surface area contributed by atoms with Crippen molar-refractivity contribution in [3.05, 3.63) is 36.5 Å². The minimum atomic E-state index is -1.13. The van der Waals surface area contributed by atoms with Gasteiger partial charge in [-0.2, -0.15) is 0 Å². The number of aliphatic carboxylic acids is 1. The maximum atomic E-state index is 12.7. The first-order chi connectivity index (χ1) is 26.6. The van der Waals surface area contributed by atoms with Crippen molar-refractivity contribution in [2.75, 3.05) is 41.0 Å². The maximum absolute atomic E-state index is 12.7. The van der Waals surface area contributed by atoms with Crippen LogP contribution in [0, 0.1) is 0 Å². The number of carbonyl (C=O) groups excluding carboxylic acids is 3. The zero-order chi connectivity index (χ0) is 40.7. The van der Waals surface area contributed by atoms with Crippen LogP contribution in [0.2, 0.25) is 0 Å². The van der Waals surface area contributed by atoms with E-state index in [2.05, 4.69) is 50.3 Å². The number of likely N-dealkylation sites (N-methyl/N-ethyl adjacent to an activating group) is 1. The molecular formula is C47H85NO7. The summed E-state index contributed by atoms with van der Waals surface area (Å²) in [4.78, 5) is 36.9. The fraction of sp³-hybridized carbons (Fsp3) is 0.809. The van der Waals surface area contributed by atoms with E-state index in [-0.39, 0.29) is 42.7 Å². The predicted molar refractivity (Wildman–Crippen MR) is 227 cm³/mol.